The lowest BCUT2D eigenvalue weighted by molar-refractivity contribution is -0.126. The molecule has 3 aromatic rings. The van der Waals surface area contributed by atoms with Gasteiger partial charge in [0.15, 0.2) is 5.82 Å². The maximum atomic E-state index is 14.1. The minimum Gasteiger partial charge on any atom is -0.435 e. The van der Waals surface area contributed by atoms with Crippen LogP contribution in [0.1, 0.15) is 70.0 Å². The number of rotatable bonds is 9. The van der Waals surface area contributed by atoms with E-state index in [-0.39, 0.29) is 28.4 Å². The molecule has 1 aliphatic heterocycles. The van der Waals surface area contributed by atoms with E-state index < -0.39 is 18.4 Å². The van der Waals surface area contributed by atoms with Gasteiger partial charge in [-0.1, -0.05) is 29.4 Å². The highest BCUT2D eigenvalue weighted by atomic mass is 19.3. The number of halogens is 4. The Balaban J connectivity index is 1.25. The highest BCUT2D eigenvalue weighted by Crippen LogP contribution is 2.58. The number of amides is 1. The molecular weight excluding hydrogens is 566 g/mol. The molecule has 2 bridgehead atoms. The average molecular weight is 602 g/mol. The van der Waals surface area contributed by atoms with Gasteiger partial charge in [-0.05, 0) is 92.2 Å². The predicted molar refractivity (Wildman–Crippen MR) is 150 cm³/mol. The summed E-state index contributed by atoms with van der Waals surface area (Å²) in [5.41, 5.74) is 1.96. The summed E-state index contributed by atoms with van der Waals surface area (Å²) < 4.78 is 67.8. The molecule has 4 aliphatic rings. The quantitative estimate of drug-likeness (QED) is 0.237. The van der Waals surface area contributed by atoms with Crippen molar-refractivity contribution in [1.82, 2.24) is 10.1 Å². The molecule has 1 aromatic heterocycles. The Morgan fingerprint density at radius 1 is 1.02 bits per heavy atom. The predicted octanol–water partition coefficient (Wildman–Crippen LogP) is 7.50. The van der Waals surface area contributed by atoms with Gasteiger partial charge in [0.25, 0.3) is 5.89 Å². The molecular formula is C32H35F4N3O4. The Hall–Kier alpha value is -3.47. The van der Waals surface area contributed by atoms with E-state index in [0.29, 0.717) is 38.4 Å². The molecule has 43 heavy (non-hydrogen) atoms. The largest absolute Gasteiger partial charge is 0.435 e. The Bertz CT molecular complexity index is 1410. The molecule has 7 rings (SSSR count). The molecule has 2 heterocycles. The fourth-order valence-corrected chi connectivity index (χ4v) is 6.93. The Morgan fingerprint density at radius 3 is 2.30 bits per heavy atom. The number of benzene rings is 2. The van der Waals surface area contributed by atoms with Crippen molar-refractivity contribution in [1.29, 1.82) is 0 Å². The van der Waals surface area contributed by atoms with Crippen molar-refractivity contribution in [2.24, 2.45) is 11.3 Å². The van der Waals surface area contributed by atoms with Crippen LogP contribution in [-0.2, 0) is 20.9 Å². The molecule has 4 fully saturated rings. The molecule has 1 amide bonds. The van der Waals surface area contributed by atoms with E-state index in [9.17, 15) is 22.4 Å². The van der Waals surface area contributed by atoms with Crippen LogP contribution in [0.3, 0.4) is 0 Å². The summed E-state index contributed by atoms with van der Waals surface area (Å²) in [5, 5.41) is 3.97. The highest BCUT2D eigenvalue weighted by Gasteiger charge is 2.53. The third kappa shape index (κ3) is 6.14. The lowest BCUT2D eigenvalue weighted by Crippen LogP contribution is -2.52. The number of anilines is 1. The van der Waals surface area contributed by atoms with E-state index in [4.69, 9.17) is 9.26 Å². The van der Waals surface area contributed by atoms with Crippen LogP contribution in [0.2, 0.25) is 0 Å². The SMILES string of the molecule is CC(F)(F)c1nc(C23CCC(CN(C(=O)C4CCOCC4)c4cccc(-c5ccc(OC(F)F)cc5)c4)(CC2)CC3)no1. The Kier molecular flexibility index (Phi) is 7.95. The molecule has 3 aliphatic carbocycles. The van der Waals surface area contributed by atoms with Gasteiger partial charge in [0.2, 0.25) is 5.91 Å². The zero-order valence-corrected chi connectivity index (χ0v) is 24.0. The lowest BCUT2D eigenvalue weighted by atomic mass is 9.53. The zero-order chi connectivity index (χ0) is 30.2. The number of nitrogens with zero attached hydrogens (tertiary/aromatic N) is 3. The van der Waals surface area contributed by atoms with Crippen LogP contribution in [-0.4, -0.2) is 42.4 Å². The first-order valence-electron chi connectivity index (χ1n) is 14.8. The van der Waals surface area contributed by atoms with Crippen LogP contribution in [0.25, 0.3) is 11.1 Å². The molecule has 230 valence electrons. The van der Waals surface area contributed by atoms with Crippen molar-refractivity contribution in [3.05, 3.63) is 60.2 Å². The number of aromatic nitrogens is 2. The van der Waals surface area contributed by atoms with Crippen LogP contribution in [0, 0.1) is 11.3 Å². The van der Waals surface area contributed by atoms with Crippen molar-refractivity contribution in [3.63, 3.8) is 0 Å². The number of carbonyl (C=O) groups excluding carboxylic acids is 1. The first-order chi connectivity index (χ1) is 20.6. The number of alkyl halides is 4. The molecule has 7 nitrogen and oxygen atoms in total. The fourth-order valence-electron chi connectivity index (χ4n) is 6.93. The summed E-state index contributed by atoms with van der Waals surface area (Å²) in [4.78, 5) is 20.1. The third-order valence-electron chi connectivity index (χ3n) is 9.58. The molecule has 0 spiro atoms. The summed E-state index contributed by atoms with van der Waals surface area (Å²) in [6.45, 7) is -0.490. The number of hydrogen-bond acceptors (Lipinski definition) is 6. The van der Waals surface area contributed by atoms with Crippen LogP contribution >= 0.6 is 0 Å². The van der Waals surface area contributed by atoms with E-state index in [2.05, 4.69) is 14.9 Å². The summed E-state index contributed by atoms with van der Waals surface area (Å²) in [6, 6.07) is 14.2. The van der Waals surface area contributed by atoms with Gasteiger partial charge in [-0.3, -0.25) is 4.79 Å². The molecule has 0 atom stereocenters. The van der Waals surface area contributed by atoms with Crippen LogP contribution < -0.4 is 9.64 Å². The van der Waals surface area contributed by atoms with E-state index in [1.807, 2.05) is 29.2 Å². The van der Waals surface area contributed by atoms with Crippen molar-refractivity contribution in [3.8, 4) is 16.9 Å². The van der Waals surface area contributed by atoms with Crippen molar-refractivity contribution < 1.29 is 36.4 Å². The molecule has 0 radical (unpaired) electrons. The second-order valence-electron chi connectivity index (χ2n) is 12.4. The second kappa shape index (κ2) is 11.6. The van der Waals surface area contributed by atoms with E-state index in [1.54, 1.807) is 12.1 Å². The highest BCUT2D eigenvalue weighted by molar-refractivity contribution is 5.96. The summed E-state index contributed by atoms with van der Waals surface area (Å²) in [5.74, 6) is -3.45. The van der Waals surface area contributed by atoms with Crippen molar-refractivity contribution in [2.75, 3.05) is 24.7 Å². The monoisotopic (exact) mass is 601 g/mol. The molecule has 1 saturated heterocycles. The van der Waals surface area contributed by atoms with Gasteiger partial charge in [0, 0.05) is 43.7 Å². The minimum absolute atomic E-state index is 0.0749. The summed E-state index contributed by atoms with van der Waals surface area (Å²) in [6.07, 6.45) is 6.03. The second-order valence-corrected chi connectivity index (χ2v) is 12.4. The Morgan fingerprint density at radius 2 is 1.70 bits per heavy atom. The van der Waals surface area contributed by atoms with Gasteiger partial charge in [-0.15, -0.1) is 0 Å². The number of carbonyl (C=O) groups is 1. The van der Waals surface area contributed by atoms with Crippen molar-refractivity contribution in [2.45, 2.75) is 76.2 Å². The molecule has 2 aromatic carbocycles. The number of ether oxygens (including phenoxy) is 2. The van der Waals surface area contributed by atoms with Gasteiger partial charge in [0.1, 0.15) is 5.75 Å². The van der Waals surface area contributed by atoms with E-state index >= 15 is 0 Å². The third-order valence-corrected chi connectivity index (χ3v) is 9.58. The first kappa shape index (κ1) is 29.6. The van der Waals surface area contributed by atoms with Gasteiger partial charge in [-0.25, -0.2) is 0 Å². The maximum absolute atomic E-state index is 14.1. The molecule has 11 heteroatoms. The van der Waals surface area contributed by atoms with Gasteiger partial charge >= 0.3 is 12.5 Å². The first-order valence-corrected chi connectivity index (χ1v) is 14.8. The van der Waals surface area contributed by atoms with Gasteiger partial charge < -0.3 is 18.9 Å². The van der Waals surface area contributed by atoms with Gasteiger partial charge in [-0.2, -0.15) is 22.5 Å². The minimum atomic E-state index is -3.18. The Labute approximate surface area is 247 Å². The van der Waals surface area contributed by atoms with E-state index in [1.165, 1.54) is 12.1 Å². The van der Waals surface area contributed by atoms with Crippen molar-refractivity contribution >= 4 is 11.6 Å². The molecule has 3 saturated carbocycles. The summed E-state index contributed by atoms with van der Waals surface area (Å²) >= 11 is 0. The maximum Gasteiger partial charge on any atom is 0.387 e. The normalized spacial score (nSPS) is 24.3. The topological polar surface area (TPSA) is 77.7 Å². The zero-order valence-electron chi connectivity index (χ0n) is 24.0. The number of hydrogen-bond donors (Lipinski definition) is 0. The van der Waals surface area contributed by atoms with Gasteiger partial charge in [0.05, 0.1) is 0 Å². The van der Waals surface area contributed by atoms with Crippen LogP contribution in [0.4, 0.5) is 23.2 Å². The average Bonchev–Trinajstić information content (AvgIpc) is 3.54. The lowest BCUT2D eigenvalue weighted by Gasteiger charge is -2.53. The van der Waals surface area contributed by atoms with E-state index in [0.717, 1.165) is 62.3 Å². The van der Waals surface area contributed by atoms with Crippen LogP contribution in [0.15, 0.2) is 53.1 Å². The molecule has 0 N–H and O–H groups in total. The van der Waals surface area contributed by atoms with Crippen LogP contribution in [0.5, 0.6) is 5.75 Å². The molecule has 0 unspecified atom stereocenters. The standard InChI is InChI=1S/C32H35F4N3O4/c1-30(35,36)28-37-27(38-43-28)32-14-11-31(12-15-32,13-16-32)20-39(26(40)22-9-17-41-18-10-22)24-4-2-3-23(19-24)21-5-7-25(8-6-21)42-29(33)34/h2-8,19,22,29H,9-18,20H2,1H3. The smallest absolute Gasteiger partial charge is 0.387 e. The fraction of sp³-hybridized carbons (Fsp3) is 0.531. The number of fused-ring (bicyclic) bond motifs is 3. The summed E-state index contributed by atoms with van der Waals surface area (Å²) in [7, 11) is 0.